The number of ether oxygens (including phenoxy) is 1. The summed E-state index contributed by atoms with van der Waals surface area (Å²) in [5.41, 5.74) is 6.97. The monoisotopic (exact) mass is 257 g/mol. The van der Waals surface area contributed by atoms with E-state index in [9.17, 15) is 0 Å². The van der Waals surface area contributed by atoms with Crippen LogP contribution in [0, 0.1) is 0 Å². The van der Waals surface area contributed by atoms with Crippen molar-refractivity contribution in [2.24, 2.45) is 5.73 Å². The van der Waals surface area contributed by atoms with E-state index in [0.717, 1.165) is 23.1 Å². The van der Waals surface area contributed by atoms with E-state index < -0.39 is 0 Å². The zero-order chi connectivity index (χ0) is 10.6. The average molecular weight is 258 g/mol. The fraction of sp³-hybridized carbons (Fsp3) is 0.455. The first-order valence-electron chi connectivity index (χ1n) is 4.72. The van der Waals surface area contributed by atoms with Gasteiger partial charge in [-0.2, -0.15) is 0 Å². The van der Waals surface area contributed by atoms with Crippen LogP contribution in [-0.4, -0.2) is 13.2 Å². The second-order valence-electron chi connectivity index (χ2n) is 3.45. The molecule has 0 heterocycles. The van der Waals surface area contributed by atoms with Crippen LogP contribution in [0.5, 0.6) is 5.75 Å². The Hall–Kier alpha value is -0.540. The Morgan fingerprint density at radius 3 is 2.79 bits per heavy atom. The molecule has 2 nitrogen and oxygen atoms in total. The van der Waals surface area contributed by atoms with Gasteiger partial charge in [0.2, 0.25) is 0 Å². The fourth-order valence-electron chi connectivity index (χ4n) is 1.29. The lowest BCUT2D eigenvalue weighted by atomic mass is 10.1. The van der Waals surface area contributed by atoms with Crippen LogP contribution in [0.25, 0.3) is 0 Å². The molecule has 0 aliphatic carbocycles. The molecule has 1 rings (SSSR count). The molecule has 2 N–H and O–H groups in total. The number of aryl methyl sites for hydroxylation is 1. The van der Waals surface area contributed by atoms with Crippen LogP contribution in [0.3, 0.4) is 0 Å². The Morgan fingerprint density at radius 2 is 2.21 bits per heavy atom. The Labute approximate surface area is 93.6 Å². The van der Waals surface area contributed by atoms with Gasteiger partial charge < -0.3 is 10.5 Å². The molecule has 0 saturated carbocycles. The van der Waals surface area contributed by atoms with Crippen LogP contribution in [0.2, 0.25) is 0 Å². The molecule has 1 aromatic rings. The minimum atomic E-state index is 0.244. The quantitative estimate of drug-likeness (QED) is 0.901. The van der Waals surface area contributed by atoms with Gasteiger partial charge in [0.1, 0.15) is 5.75 Å². The van der Waals surface area contributed by atoms with Gasteiger partial charge in [0.05, 0.1) is 11.6 Å². The van der Waals surface area contributed by atoms with Crippen molar-refractivity contribution in [1.82, 2.24) is 0 Å². The molecular weight excluding hydrogens is 242 g/mol. The highest BCUT2D eigenvalue weighted by Crippen LogP contribution is 2.29. The second-order valence-corrected chi connectivity index (χ2v) is 4.24. The van der Waals surface area contributed by atoms with Gasteiger partial charge in [-0.3, -0.25) is 0 Å². The number of nitrogens with two attached hydrogens (primary N) is 1. The minimum Gasteiger partial charge on any atom is -0.496 e. The first-order valence-corrected chi connectivity index (χ1v) is 5.51. The lowest BCUT2D eigenvalue weighted by Gasteiger charge is -2.09. The van der Waals surface area contributed by atoms with E-state index in [2.05, 4.69) is 22.0 Å². The van der Waals surface area contributed by atoms with Crippen LogP contribution in [0.15, 0.2) is 22.7 Å². The summed E-state index contributed by atoms with van der Waals surface area (Å²) in [6.45, 7) is 2.02. The molecule has 1 aromatic carbocycles. The summed E-state index contributed by atoms with van der Waals surface area (Å²) in [5.74, 6) is 0.882. The van der Waals surface area contributed by atoms with Gasteiger partial charge in [0.15, 0.2) is 0 Å². The zero-order valence-electron chi connectivity index (χ0n) is 8.59. The van der Waals surface area contributed by atoms with Gasteiger partial charge in [-0.1, -0.05) is 12.1 Å². The highest BCUT2D eigenvalue weighted by atomic mass is 79.9. The lowest BCUT2D eigenvalue weighted by molar-refractivity contribution is 0.411. The smallest absolute Gasteiger partial charge is 0.133 e. The third-order valence-corrected chi connectivity index (χ3v) is 3.03. The molecule has 0 saturated heterocycles. The molecule has 14 heavy (non-hydrogen) atoms. The van der Waals surface area contributed by atoms with Gasteiger partial charge in [0, 0.05) is 6.04 Å². The molecule has 1 atom stereocenters. The fourth-order valence-corrected chi connectivity index (χ4v) is 1.91. The largest absolute Gasteiger partial charge is 0.496 e. The second kappa shape index (κ2) is 5.37. The van der Waals surface area contributed by atoms with Gasteiger partial charge >= 0.3 is 0 Å². The SMILES string of the molecule is COc1cccc(CCC(C)N)c1Br. The van der Waals surface area contributed by atoms with Gasteiger partial charge in [-0.25, -0.2) is 0 Å². The Morgan fingerprint density at radius 1 is 1.50 bits per heavy atom. The molecule has 0 radical (unpaired) electrons. The summed E-state index contributed by atoms with van der Waals surface area (Å²) in [6.07, 6.45) is 1.97. The van der Waals surface area contributed by atoms with E-state index in [1.165, 1.54) is 5.56 Å². The molecule has 1 unspecified atom stereocenters. The Kier molecular flexibility index (Phi) is 4.42. The van der Waals surface area contributed by atoms with Gasteiger partial charge in [-0.05, 0) is 47.3 Å². The van der Waals surface area contributed by atoms with Crippen molar-refractivity contribution in [3.05, 3.63) is 28.2 Å². The standard InChI is InChI=1S/C11H16BrNO/c1-8(13)6-7-9-4-3-5-10(14-2)11(9)12/h3-5,8H,6-7,13H2,1-2H3. The predicted octanol–water partition coefficient (Wildman–Crippen LogP) is 2.74. The molecule has 0 amide bonds. The molecule has 0 aromatic heterocycles. The summed E-state index contributed by atoms with van der Waals surface area (Å²) in [7, 11) is 1.68. The number of halogens is 1. The number of rotatable bonds is 4. The van der Waals surface area contributed by atoms with Crippen LogP contribution in [-0.2, 0) is 6.42 Å². The molecule has 0 spiro atoms. The van der Waals surface area contributed by atoms with E-state index in [1.54, 1.807) is 7.11 Å². The molecule has 78 valence electrons. The van der Waals surface area contributed by atoms with Crippen LogP contribution < -0.4 is 10.5 Å². The zero-order valence-corrected chi connectivity index (χ0v) is 10.2. The number of methoxy groups -OCH3 is 1. The van der Waals surface area contributed by atoms with Crippen molar-refractivity contribution in [2.45, 2.75) is 25.8 Å². The summed E-state index contributed by atoms with van der Waals surface area (Å²) in [5, 5.41) is 0. The maximum atomic E-state index is 5.71. The van der Waals surface area contributed by atoms with Crippen LogP contribution in [0.1, 0.15) is 18.9 Å². The van der Waals surface area contributed by atoms with Crippen molar-refractivity contribution in [2.75, 3.05) is 7.11 Å². The van der Waals surface area contributed by atoms with Gasteiger partial charge in [-0.15, -0.1) is 0 Å². The minimum absolute atomic E-state index is 0.244. The third kappa shape index (κ3) is 3.00. The van der Waals surface area contributed by atoms with E-state index in [1.807, 2.05) is 19.1 Å². The predicted molar refractivity (Wildman–Crippen MR) is 62.7 cm³/mol. The summed E-state index contributed by atoms with van der Waals surface area (Å²) >= 11 is 3.53. The molecule has 0 aliphatic rings. The molecule has 0 bridgehead atoms. The van der Waals surface area contributed by atoms with Crippen molar-refractivity contribution >= 4 is 15.9 Å². The van der Waals surface area contributed by atoms with Crippen molar-refractivity contribution in [3.8, 4) is 5.75 Å². The van der Waals surface area contributed by atoms with Crippen molar-refractivity contribution in [3.63, 3.8) is 0 Å². The van der Waals surface area contributed by atoms with E-state index in [0.29, 0.717) is 0 Å². The molecule has 0 fully saturated rings. The van der Waals surface area contributed by atoms with Crippen molar-refractivity contribution < 1.29 is 4.74 Å². The number of hydrogen-bond donors (Lipinski definition) is 1. The number of benzene rings is 1. The van der Waals surface area contributed by atoms with E-state index in [-0.39, 0.29) is 6.04 Å². The summed E-state index contributed by atoms with van der Waals surface area (Å²) in [6, 6.07) is 6.28. The third-order valence-electron chi connectivity index (χ3n) is 2.13. The Balaban J connectivity index is 2.76. The maximum absolute atomic E-state index is 5.71. The Bertz CT molecular complexity index is 299. The lowest BCUT2D eigenvalue weighted by Crippen LogP contribution is -2.15. The highest BCUT2D eigenvalue weighted by molar-refractivity contribution is 9.10. The molecule has 3 heteroatoms. The first-order chi connectivity index (χ1) is 6.65. The first kappa shape index (κ1) is 11.5. The number of hydrogen-bond acceptors (Lipinski definition) is 2. The summed E-state index contributed by atoms with van der Waals surface area (Å²) in [4.78, 5) is 0. The normalized spacial score (nSPS) is 12.6. The van der Waals surface area contributed by atoms with E-state index in [4.69, 9.17) is 10.5 Å². The van der Waals surface area contributed by atoms with Crippen LogP contribution in [0.4, 0.5) is 0 Å². The van der Waals surface area contributed by atoms with E-state index >= 15 is 0 Å². The summed E-state index contributed by atoms with van der Waals surface area (Å²) < 4.78 is 6.26. The average Bonchev–Trinajstić information content (AvgIpc) is 2.16. The topological polar surface area (TPSA) is 35.2 Å². The maximum Gasteiger partial charge on any atom is 0.133 e. The molecular formula is C11H16BrNO. The molecule has 0 aliphatic heterocycles. The highest BCUT2D eigenvalue weighted by Gasteiger charge is 2.06. The van der Waals surface area contributed by atoms with Crippen molar-refractivity contribution in [1.29, 1.82) is 0 Å². The van der Waals surface area contributed by atoms with Gasteiger partial charge in [0.25, 0.3) is 0 Å². The van der Waals surface area contributed by atoms with Crippen LogP contribution >= 0.6 is 15.9 Å².